The van der Waals surface area contributed by atoms with E-state index in [4.69, 9.17) is 0 Å². The highest BCUT2D eigenvalue weighted by atomic mass is 79.9. The van der Waals surface area contributed by atoms with Gasteiger partial charge in [0.1, 0.15) is 11.5 Å². The van der Waals surface area contributed by atoms with Crippen molar-refractivity contribution in [1.82, 2.24) is 0 Å². The van der Waals surface area contributed by atoms with Crippen molar-refractivity contribution in [3.05, 3.63) is 34.3 Å². The molecule has 0 radical (unpaired) electrons. The summed E-state index contributed by atoms with van der Waals surface area (Å²) in [5, 5.41) is 20.2. The van der Waals surface area contributed by atoms with E-state index in [1.54, 1.807) is 12.1 Å². The topological polar surface area (TPSA) is 57.5 Å². The third kappa shape index (κ3) is 1.57. The van der Waals surface area contributed by atoms with Gasteiger partial charge in [-0.25, -0.2) is 0 Å². The maximum atomic E-state index is 10.8. The lowest BCUT2D eigenvalue weighted by atomic mass is 10.0. The third-order valence-corrected chi connectivity index (χ3v) is 2.81. The second-order valence-corrected chi connectivity index (χ2v) is 4.00. The van der Waals surface area contributed by atoms with Gasteiger partial charge in [-0.3, -0.25) is 4.79 Å². The summed E-state index contributed by atoms with van der Waals surface area (Å²) < 4.78 is 0.461. The fourth-order valence-electron chi connectivity index (χ4n) is 1.48. The Labute approximate surface area is 94.1 Å². The molecule has 4 heteroatoms. The zero-order chi connectivity index (χ0) is 11.0. The Morgan fingerprint density at radius 3 is 2.60 bits per heavy atom. The normalized spacial score (nSPS) is 10.5. The van der Waals surface area contributed by atoms with E-state index in [1.807, 2.05) is 0 Å². The molecule has 0 saturated carbocycles. The van der Waals surface area contributed by atoms with Gasteiger partial charge in [-0.15, -0.1) is 0 Å². The van der Waals surface area contributed by atoms with Gasteiger partial charge in [0, 0.05) is 0 Å². The van der Waals surface area contributed by atoms with E-state index < -0.39 is 0 Å². The van der Waals surface area contributed by atoms with Gasteiger partial charge in [0.15, 0.2) is 6.29 Å². The van der Waals surface area contributed by atoms with Gasteiger partial charge >= 0.3 is 0 Å². The van der Waals surface area contributed by atoms with Crippen molar-refractivity contribution in [2.75, 3.05) is 0 Å². The number of benzene rings is 2. The second-order valence-electron chi connectivity index (χ2n) is 3.14. The summed E-state index contributed by atoms with van der Waals surface area (Å²) in [6, 6.07) is 6.35. The fourth-order valence-corrected chi connectivity index (χ4v) is 1.94. The van der Waals surface area contributed by atoms with Gasteiger partial charge in [0.05, 0.1) is 10.0 Å². The quantitative estimate of drug-likeness (QED) is 0.781. The Balaban J connectivity index is 2.95. The van der Waals surface area contributed by atoms with E-state index >= 15 is 0 Å². The molecule has 0 heterocycles. The van der Waals surface area contributed by atoms with Crippen molar-refractivity contribution in [1.29, 1.82) is 0 Å². The van der Waals surface area contributed by atoms with Crippen LogP contribution in [0.25, 0.3) is 10.8 Å². The molecule has 0 aliphatic rings. The summed E-state index contributed by atoms with van der Waals surface area (Å²) in [6.07, 6.45) is 0.571. The summed E-state index contributed by atoms with van der Waals surface area (Å²) in [4.78, 5) is 10.8. The number of fused-ring (bicyclic) bond motifs is 1. The van der Waals surface area contributed by atoms with Crippen molar-refractivity contribution >= 4 is 33.0 Å². The van der Waals surface area contributed by atoms with Crippen LogP contribution in [0.3, 0.4) is 0 Å². The highest BCUT2D eigenvalue weighted by molar-refractivity contribution is 9.10. The first-order valence-corrected chi connectivity index (χ1v) is 5.02. The summed E-state index contributed by atoms with van der Waals surface area (Å²) in [7, 11) is 0. The molecule has 0 unspecified atom stereocenters. The fraction of sp³-hybridized carbons (Fsp3) is 0. The molecule has 0 saturated heterocycles. The molecule has 2 rings (SSSR count). The molecule has 0 aromatic heterocycles. The smallest absolute Gasteiger partial charge is 0.154 e. The summed E-state index contributed by atoms with van der Waals surface area (Å²) >= 11 is 3.16. The lowest BCUT2D eigenvalue weighted by molar-refractivity contribution is 0.112. The number of carbonyl (C=O) groups is 1. The SMILES string of the molecule is O=Cc1c(O)c(Br)cc2ccc(O)cc12. The first-order chi connectivity index (χ1) is 7.13. The summed E-state index contributed by atoms with van der Waals surface area (Å²) in [6.45, 7) is 0. The minimum Gasteiger partial charge on any atom is -0.508 e. The third-order valence-electron chi connectivity index (χ3n) is 2.21. The average molecular weight is 267 g/mol. The number of carbonyl (C=O) groups excluding carboxylic acids is 1. The standard InChI is InChI=1S/C11H7BrO3/c12-10-3-6-1-2-7(14)4-8(6)9(5-13)11(10)15/h1-5,14-15H. The molecule has 0 aliphatic heterocycles. The van der Waals surface area contributed by atoms with Crippen LogP contribution in [0.15, 0.2) is 28.7 Å². The molecular weight excluding hydrogens is 260 g/mol. The lowest BCUT2D eigenvalue weighted by Gasteiger charge is -2.06. The molecule has 3 nitrogen and oxygen atoms in total. The van der Waals surface area contributed by atoms with Crippen LogP contribution in [-0.2, 0) is 0 Å². The molecule has 0 bridgehead atoms. The number of aromatic hydroxyl groups is 2. The van der Waals surface area contributed by atoms with Crippen LogP contribution < -0.4 is 0 Å². The van der Waals surface area contributed by atoms with E-state index in [9.17, 15) is 15.0 Å². The summed E-state index contributed by atoms with van der Waals surface area (Å²) in [5.41, 5.74) is 0.176. The van der Waals surface area contributed by atoms with E-state index in [-0.39, 0.29) is 17.1 Å². The van der Waals surface area contributed by atoms with Crippen LogP contribution in [-0.4, -0.2) is 16.5 Å². The molecule has 0 amide bonds. The van der Waals surface area contributed by atoms with Crippen molar-refractivity contribution in [2.24, 2.45) is 0 Å². The minimum atomic E-state index is -0.108. The van der Waals surface area contributed by atoms with Gasteiger partial charge in [0.2, 0.25) is 0 Å². The molecule has 0 spiro atoms. The largest absolute Gasteiger partial charge is 0.508 e. The molecule has 2 N–H and O–H groups in total. The Morgan fingerprint density at radius 2 is 1.93 bits per heavy atom. The zero-order valence-electron chi connectivity index (χ0n) is 7.57. The predicted molar refractivity (Wildman–Crippen MR) is 60.4 cm³/mol. The van der Waals surface area contributed by atoms with E-state index in [2.05, 4.69) is 15.9 Å². The highest BCUT2D eigenvalue weighted by Crippen LogP contribution is 2.34. The van der Waals surface area contributed by atoms with E-state index in [0.29, 0.717) is 16.1 Å². The van der Waals surface area contributed by atoms with E-state index in [1.165, 1.54) is 12.1 Å². The van der Waals surface area contributed by atoms with Crippen molar-refractivity contribution in [3.63, 3.8) is 0 Å². The van der Waals surface area contributed by atoms with Gasteiger partial charge < -0.3 is 10.2 Å². The molecule has 15 heavy (non-hydrogen) atoms. The second kappa shape index (κ2) is 3.55. The molecule has 0 fully saturated rings. The Hall–Kier alpha value is -1.55. The first-order valence-electron chi connectivity index (χ1n) is 4.23. The number of rotatable bonds is 1. The lowest BCUT2D eigenvalue weighted by Crippen LogP contribution is -1.86. The average Bonchev–Trinajstić information content (AvgIpc) is 2.21. The Bertz CT molecular complexity index is 549. The van der Waals surface area contributed by atoms with Gasteiger partial charge in [-0.2, -0.15) is 0 Å². The molecular formula is C11H7BrO3. The molecule has 76 valence electrons. The van der Waals surface area contributed by atoms with Crippen LogP contribution in [0.1, 0.15) is 10.4 Å². The number of halogens is 1. The van der Waals surface area contributed by atoms with E-state index in [0.717, 1.165) is 5.39 Å². The van der Waals surface area contributed by atoms with Gasteiger partial charge in [-0.05, 0) is 44.9 Å². The monoisotopic (exact) mass is 266 g/mol. The first kappa shape index (κ1) is 9.98. The van der Waals surface area contributed by atoms with Crippen LogP contribution in [0.4, 0.5) is 0 Å². The van der Waals surface area contributed by atoms with Crippen molar-refractivity contribution < 1.29 is 15.0 Å². The number of aldehydes is 1. The molecule has 0 aliphatic carbocycles. The maximum Gasteiger partial charge on any atom is 0.154 e. The number of phenols is 2. The van der Waals surface area contributed by atoms with Crippen LogP contribution in [0.5, 0.6) is 11.5 Å². The van der Waals surface area contributed by atoms with Crippen LogP contribution in [0.2, 0.25) is 0 Å². The van der Waals surface area contributed by atoms with Gasteiger partial charge in [0.25, 0.3) is 0 Å². The summed E-state index contributed by atoms with van der Waals surface area (Å²) in [5.74, 6) is -0.0459. The van der Waals surface area contributed by atoms with Crippen molar-refractivity contribution in [3.8, 4) is 11.5 Å². The Morgan fingerprint density at radius 1 is 1.20 bits per heavy atom. The molecule has 2 aromatic rings. The predicted octanol–water partition coefficient (Wildman–Crippen LogP) is 2.83. The van der Waals surface area contributed by atoms with Crippen LogP contribution in [0, 0.1) is 0 Å². The molecule has 2 aromatic carbocycles. The zero-order valence-corrected chi connectivity index (χ0v) is 9.15. The van der Waals surface area contributed by atoms with Gasteiger partial charge in [-0.1, -0.05) is 6.07 Å². The highest BCUT2D eigenvalue weighted by Gasteiger charge is 2.10. The number of phenolic OH excluding ortho intramolecular Hbond substituents is 2. The maximum absolute atomic E-state index is 10.8. The minimum absolute atomic E-state index is 0.0623. The Kier molecular flexibility index (Phi) is 2.36. The van der Waals surface area contributed by atoms with Crippen LogP contribution >= 0.6 is 15.9 Å². The number of hydrogen-bond donors (Lipinski definition) is 2. The number of hydrogen-bond acceptors (Lipinski definition) is 3. The van der Waals surface area contributed by atoms with Crippen molar-refractivity contribution in [2.45, 2.75) is 0 Å². The molecule has 0 atom stereocenters.